The molecule has 126 valence electrons. The lowest BCUT2D eigenvalue weighted by Crippen LogP contribution is -2.34. The van der Waals surface area contributed by atoms with Gasteiger partial charge in [-0.1, -0.05) is 0 Å². The molecule has 0 radical (unpaired) electrons. The molecule has 1 aliphatic heterocycles. The number of benzene rings is 1. The molecule has 1 saturated heterocycles. The minimum absolute atomic E-state index is 0.181. The molecule has 5 heteroatoms. The van der Waals surface area contributed by atoms with Gasteiger partial charge in [0.25, 0.3) is 0 Å². The molecule has 1 fully saturated rings. The fourth-order valence-corrected chi connectivity index (χ4v) is 3.80. The van der Waals surface area contributed by atoms with Crippen LogP contribution in [0.4, 0.5) is 4.39 Å². The first-order valence-corrected chi connectivity index (χ1v) is 8.69. The van der Waals surface area contributed by atoms with E-state index in [1.165, 1.54) is 10.9 Å². The Bertz CT molecular complexity index is 827. The van der Waals surface area contributed by atoms with Crippen molar-refractivity contribution in [1.82, 2.24) is 20.1 Å². The van der Waals surface area contributed by atoms with Gasteiger partial charge in [-0.05, 0) is 68.6 Å². The van der Waals surface area contributed by atoms with Gasteiger partial charge in [-0.2, -0.15) is 5.10 Å². The number of hydrogen-bond acceptors (Lipinski definition) is 2. The molecule has 0 amide bonds. The molecule has 24 heavy (non-hydrogen) atoms. The van der Waals surface area contributed by atoms with Crippen LogP contribution in [0.25, 0.3) is 10.9 Å². The van der Waals surface area contributed by atoms with Crippen LogP contribution in [-0.2, 0) is 6.42 Å². The van der Waals surface area contributed by atoms with Crippen molar-refractivity contribution in [3.05, 3.63) is 53.2 Å². The van der Waals surface area contributed by atoms with Crippen LogP contribution in [-0.4, -0.2) is 39.7 Å². The number of hydrogen-bond donors (Lipinski definition) is 2. The minimum Gasteiger partial charge on any atom is -0.361 e. The Kier molecular flexibility index (Phi) is 4.10. The molecule has 4 nitrogen and oxygen atoms in total. The van der Waals surface area contributed by atoms with Crippen LogP contribution >= 0.6 is 0 Å². The number of piperidine rings is 1. The zero-order chi connectivity index (χ0) is 16.5. The number of nitrogens with zero attached hydrogens (tertiary/aromatic N) is 2. The molecule has 1 aromatic carbocycles. The van der Waals surface area contributed by atoms with E-state index in [0.717, 1.165) is 55.8 Å². The lowest BCUT2D eigenvalue weighted by Gasteiger charge is -2.31. The lowest BCUT2D eigenvalue weighted by molar-refractivity contribution is 0.214. The highest BCUT2D eigenvalue weighted by Gasteiger charge is 2.22. The fraction of sp³-hybridized carbons (Fsp3) is 0.421. The van der Waals surface area contributed by atoms with Crippen LogP contribution in [0.15, 0.2) is 30.5 Å². The van der Waals surface area contributed by atoms with Crippen molar-refractivity contribution in [3.8, 4) is 0 Å². The second-order valence-electron chi connectivity index (χ2n) is 6.84. The summed E-state index contributed by atoms with van der Waals surface area (Å²) in [4.78, 5) is 5.74. The molecular weight excluding hydrogens is 303 g/mol. The average molecular weight is 326 g/mol. The molecule has 3 aromatic rings. The molecule has 4 rings (SSSR count). The largest absolute Gasteiger partial charge is 0.361 e. The summed E-state index contributed by atoms with van der Waals surface area (Å²) in [6.07, 6.45) is 5.38. The molecular formula is C19H23FN4. The number of nitrogens with one attached hydrogen (secondary N) is 2. The van der Waals surface area contributed by atoms with Gasteiger partial charge in [-0.15, -0.1) is 0 Å². The number of aromatic amines is 2. The predicted octanol–water partition coefficient (Wildman–Crippen LogP) is 3.76. The van der Waals surface area contributed by atoms with Gasteiger partial charge in [0.05, 0.1) is 5.69 Å². The minimum atomic E-state index is -0.181. The van der Waals surface area contributed by atoms with Crippen molar-refractivity contribution in [1.29, 1.82) is 0 Å². The molecule has 1 aliphatic rings. The highest BCUT2D eigenvalue weighted by atomic mass is 19.1. The first kappa shape index (κ1) is 15.4. The molecule has 2 N–H and O–H groups in total. The summed E-state index contributed by atoms with van der Waals surface area (Å²) in [6, 6.07) is 7.17. The second kappa shape index (κ2) is 6.40. The molecule has 0 bridgehead atoms. The van der Waals surface area contributed by atoms with E-state index in [0.29, 0.717) is 5.92 Å². The van der Waals surface area contributed by atoms with E-state index in [2.05, 4.69) is 32.3 Å². The predicted molar refractivity (Wildman–Crippen MR) is 93.7 cm³/mol. The Balaban J connectivity index is 1.36. The van der Waals surface area contributed by atoms with Gasteiger partial charge in [0.15, 0.2) is 0 Å². The molecule has 0 saturated carbocycles. The fourth-order valence-electron chi connectivity index (χ4n) is 3.80. The van der Waals surface area contributed by atoms with E-state index in [-0.39, 0.29) is 5.82 Å². The number of H-pyrrole nitrogens is 2. The van der Waals surface area contributed by atoms with E-state index >= 15 is 0 Å². The van der Waals surface area contributed by atoms with E-state index in [9.17, 15) is 4.39 Å². The maximum Gasteiger partial charge on any atom is 0.125 e. The van der Waals surface area contributed by atoms with Gasteiger partial charge in [-0.3, -0.25) is 5.10 Å². The third-order valence-electron chi connectivity index (χ3n) is 5.15. The standard InChI is InChI=1S/C19H23FN4/c1-13-10-16(23-22-13)6-9-24-7-4-14(5-8-24)18-12-21-19-11-15(20)2-3-17(18)19/h2-3,10-12,14,21H,4-9H2,1H3,(H,22,23). The van der Waals surface area contributed by atoms with Crippen molar-refractivity contribution < 1.29 is 4.39 Å². The number of rotatable bonds is 4. The van der Waals surface area contributed by atoms with Crippen molar-refractivity contribution in [2.45, 2.75) is 32.1 Å². The van der Waals surface area contributed by atoms with E-state index in [1.54, 1.807) is 12.1 Å². The molecule has 0 aliphatic carbocycles. The zero-order valence-corrected chi connectivity index (χ0v) is 14.0. The lowest BCUT2D eigenvalue weighted by atomic mass is 9.89. The van der Waals surface area contributed by atoms with E-state index in [1.807, 2.05) is 13.0 Å². The van der Waals surface area contributed by atoms with Gasteiger partial charge in [-0.25, -0.2) is 4.39 Å². The van der Waals surface area contributed by atoms with Crippen molar-refractivity contribution in [3.63, 3.8) is 0 Å². The molecule has 0 unspecified atom stereocenters. The number of aromatic nitrogens is 3. The Labute approximate surface area is 141 Å². The summed E-state index contributed by atoms with van der Waals surface area (Å²) in [5.41, 5.74) is 4.52. The van der Waals surface area contributed by atoms with Crippen LogP contribution in [0, 0.1) is 12.7 Å². The summed E-state index contributed by atoms with van der Waals surface area (Å²) >= 11 is 0. The van der Waals surface area contributed by atoms with E-state index < -0.39 is 0 Å². The second-order valence-corrected chi connectivity index (χ2v) is 6.84. The SMILES string of the molecule is Cc1cc(CCN2CCC(c3c[nH]c4cc(F)ccc34)CC2)n[nH]1. The summed E-state index contributed by atoms with van der Waals surface area (Å²) in [7, 11) is 0. The summed E-state index contributed by atoms with van der Waals surface area (Å²) in [6.45, 7) is 5.33. The average Bonchev–Trinajstić information content (AvgIpc) is 3.19. The Morgan fingerprint density at radius 2 is 2.08 bits per heavy atom. The number of halogens is 1. The van der Waals surface area contributed by atoms with Gasteiger partial charge < -0.3 is 9.88 Å². The van der Waals surface area contributed by atoms with Gasteiger partial charge in [0.1, 0.15) is 5.82 Å². The number of likely N-dealkylation sites (tertiary alicyclic amines) is 1. The number of aryl methyl sites for hydroxylation is 1. The molecule has 0 atom stereocenters. The van der Waals surface area contributed by atoms with Crippen molar-refractivity contribution in [2.24, 2.45) is 0 Å². The third-order valence-corrected chi connectivity index (χ3v) is 5.15. The monoisotopic (exact) mass is 326 g/mol. The van der Waals surface area contributed by atoms with Crippen molar-refractivity contribution in [2.75, 3.05) is 19.6 Å². The van der Waals surface area contributed by atoms with E-state index in [4.69, 9.17) is 0 Å². The topological polar surface area (TPSA) is 47.7 Å². The van der Waals surface area contributed by atoms with Crippen LogP contribution in [0.3, 0.4) is 0 Å². The van der Waals surface area contributed by atoms with Crippen LogP contribution in [0.5, 0.6) is 0 Å². The summed E-state index contributed by atoms with van der Waals surface area (Å²) < 4.78 is 13.3. The third kappa shape index (κ3) is 3.08. The quantitative estimate of drug-likeness (QED) is 0.767. The smallest absolute Gasteiger partial charge is 0.125 e. The van der Waals surface area contributed by atoms with Gasteiger partial charge >= 0.3 is 0 Å². The zero-order valence-electron chi connectivity index (χ0n) is 14.0. The Hall–Kier alpha value is -2.14. The first-order valence-electron chi connectivity index (χ1n) is 8.69. The Morgan fingerprint density at radius 3 is 2.83 bits per heavy atom. The van der Waals surface area contributed by atoms with Crippen LogP contribution < -0.4 is 0 Å². The maximum atomic E-state index is 13.3. The number of fused-ring (bicyclic) bond motifs is 1. The van der Waals surface area contributed by atoms with Gasteiger partial charge in [0.2, 0.25) is 0 Å². The summed E-state index contributed by atoms with van der Waals surface area (Å²) in [5.74, 6) is 0.382. The van der Waals surface area contributed by atoms with Crippen LogP contribution in [0.1, 0.15) is 35.7 Å². The highest BCUT2D eigenvalue weighted by Crippen LogP contribution is 2.33. The van der Waals surface area contributed by atoms with Gasteiger partial charge in [0, 0.05) is 35.8 Å². The maximum absolute atomic E-state index is 13.3. The normalized spacial score (nSPS) is 16.9. The molecule has 3 heterocycles. The highest BCUT2D eigenvalue weighted by molar-refractivity contribution is 5.83. The van der Waals surface area contributed by atoms with Crippen molar-refractivity contribution >= 4 is 10.9 Å². The first-order chi connectivity index (χ1) is 11.7. The van der Waals surface area contributed by atoms with Crippen LogP contribution in [0.2, 0.25) is 0 Å². The molecule has 2 aromatic heterocycles. The Morgan fingerprint density at radius 1 is 1.25 bits per heavy atom. The molecule has 0 spiro atoms. The summed E-state index contributed by atoms with van der Waals surface area (Å²) in [5, 5.41) is 8.48.